The molecule has 2 rings (SSSR count). The lowest BCUT2D eigenvalue weighted by atomic mass is 10.2. The van der Waals surface area contributed by atoms with E-state index in [4.69, 9.17) is 5.73 Å². The molecule has 1 aromatic rings. The maximum atomic E-state index is 12.6. The number of nitrogens with two attached hydrogens (primary N) is 1. The second-order valence-electron chi connectivity index (χ2n) is 3.81. The monoisotopic (exact) mass is 194 g/mol. The summed E-state index contributed by atoms with van der Waals surface area (Å²) in [4.78, 5) is 2.23. The first kappa shape index (κ1) is 9.62. The number of halogens is 1. The van der Waals surface area contributed by atoms with Crippen LogP contribution in [0.1, 0.15) is 18.4 Å². The molecular formula is C11H15FN2. The number of hydrogen-bond acceptors (Lipinski definition) is 2. The largest absolute Gasteiger partial charge is 0.316 e. The van der Waals surface area contributed by atoms with Gasteiger partial charge < -0.3 is 5.73 Å². The quantitative estimate of drug-likeness (QED) is 0.776. The van der Waals surface area contributed by atoms with Crippen molar-refractivity contribution in [3.8, 4) is 0 Å². The van der Waals surface area contributed by atoms with Gasteiger partial charge >= 0.3 is 0 Å². The van der Waals surface area contributed by atoms with Gasteiger partial charge in [0, 0.05) is 13.1 Å². The SMILES string of the molecule is NC1CCCN1Cc1ccc(F)cc1. The van der Waals surface area contributed by atoms with Gasteiger partial charge in [-0.1, -0.05) is 12.1 Å². The van der Waals surface area contributed by atoms with E-state index in [-0.39, 0.29) is 12.0 Å². The zero-order valence-electron chi connectivity index (χ0n) is 8.12. The predicted octanol–water partition coefficient (Wildman–Crippen LogP) is 1.71. The van der Waals surface area contributed by atoms with Crippen molar-refractivity contribution in [2.75, 3.05) is 6.54 Å². The van der Waals surface area contributed by atoms with E-state index in [0.29, 0.717) is 0 Å². The summed E-state index contributed by atoms with van der Waals surface area (Å²) in [5, 5.41) is 0. The van der Waals surface area contributed by atoms with Crippen LogP contribution in [-0.4, -0.2) is 17.6 Å². The maximum absolute atomic E-state index is 12.6. The van der Waals surface area contributed by atoms with Crippen LogP contribution in [0, 0.1) is 5.82 Å². The Morgan fingerprint density at radius 3 is 2.64 bits per heavy atom. The van der Waals surface area contributed by atoms with E-state index in [9.17, 15) is 4.39 Å². The van der Waals surface area contributed by atoms with Crippen molar-refractivity contribution in [2.45, 2.75) is 25.6 Å². The Bertz CT molecular complexity index is 297. The second-order valence-corrected chi connectivity index (χ2v) is 3.81. The highest BCUT2D eigenvalue weighted by Gasteiger charge is 2.20. The summed E-state index contributed by atoms with van der Waals surface area (Å²) in [6, 6.07) is 6.63. The number of nitrogens with zero attached hydrogens (tertiary/aromatic N) is 1. The van der Waals surface area contributed by atoms with Gasteiger partial charge in [0.15, 0.2) is 0 Å². The van der Waals surface area contributed by atoms with Gasteiger partial charge in [-0.2, -0.15) is 0 Å². The minimum Gasteiger partial charge on any atom is -0.316 e. The minimum atomic E-state index is -0.181. The molecule has 1 aliphatic heterocycles. The summed E-state index contributed by atoms with van der Waals surface area (Å²) < 4.78 is 12.6. The van der Waals surface area contributed by atoms with E-state index in [2.05, 4.69) is 4.90 Å². The molecule has 1 aliphatic rings. The second kappa shape index (κ2) is 4.07. The minimum absolute atomic E-state index is 0.181. The summed E-state index contributed by atoms with van der Waals surface area (Å²) in [5.74, 6) is -0.181. The Morgan fingerprint density at radius 2 is 2.07 bits per heavy atom. The zero-order valence-corrected chi connectivity index (χ0v) is 8.12. The zero-order chi connectivity index (χ0) is 9.97. The highest BCUT2D eigenvalue weighted by Crippen LogP contribution is 2.16. The average molecular weight is 194 g/mol. The highest BCUT2D eigenvalue weighted by molar-refractivity contribution is 5.16. The van der Waals surface area contributed by atoms with Crippen LogP contribution in [0.25, 0.3) is 0 Å². The summed E-state index contributed by atoms with van der Waals surface area (Å²) in [5.41, 5.74) is 7.04. The van der Waals surface area contributed by atoms with E-state index < -0.39 is 0 Å². The molecule has 0 spiro atoms. The average Bonchev–Trinajstić information content (AvgIpc) is 2.56. The first-order valence-electron chi connectivity index (χ1n) is 5.00. The molecule has 0 radical (unpaired) electrons. The Kier molecular flexibility index (Phi) is 2.79. The molecule has 0 amide bonds. The first-order chi connectivity index (χ1) is 6.75. The van der Waals surface area contributed by atoms with Crippen molar-refractivity contribution in [1.29, 1.82) is 0 Å². The van der Waals surface area contributed by atoms with Crippen molar-refractivity contribution < 1.29 is 4.39 Å². The van der Waals surface area contributed by atoms with Crippen molar-refractivity contribution in [3.05, 3.63) is 35.6 Å². The number of rotatable bonds is 2. The van der Waals surface area contributed by atoms with Gasteiger partial charge in [0.25, 0.3) is 0 Å². The van der Waals surface area contributed by atoms with Crippen LogP contribution in [0.15, 0.2) is 24.3 Å². The van der Waals surface area contributed by atoms with Crippen molar-refractivity contribution in [2.24, 2.45) is 5.73 Å². The van der Waals surface area contributed by atoms with E-state index >= 15 is 0 Å². The van der Waals surface area contributed by atoms with Crippen molar-refractivity contribution >= 4 is 0 Å². The molecule has 1 heterocycles. The third-order valence-corrected chi connectivity index (χ3v) is 2.71. The fourth-order valence-corrected chi connectivity index (χ4v) is 1.87. The summed E-state index contributed by atoms with van der Waals surface area (Å²) in [7, 11) is 0. The standard InChI is InChI=1S/C11H15FN2/c12-10-5-3-9(4-6-10)8-14-7-1-2-11(14)13/h3-6,11H,1-2,7-8,13H2. The van der Waals surface area contributed by atoms with Crippen LogP contribution in [0.3, 0.4) is 0 Å². The topological polar surface area (TPSA) is 29.3 Å². The van der Waals surface area contributed by atoms with Gasteiger partial charge in [-0.15, -0.1) is 0 Å². The lowest BCUT2D eigenvalue weighted by Crippen LogP contribution is -2.35. The predicted molar refractivity (Wildman–Crippen MR) is 54.0 cm³/mol. The van der Waals surface area contributed by atoms with Gasteiger partial charge in [0.1, 0.15) is 5.82 Å². The molecule has 2 N–H and O–H groups in total. The van der Waals surface area contributed by atoms with Crippen molar-refractivity contribution in [1.82, 2.24) is 4.90 Å². The van der Waals surface area contributed by atoms with E-state index in [1.807, 2.05) is 12.1 Å². The normalized spacial score (nSPS) is 22.9. The maximum Gasteiger partial charge on any atom is 0.123 e. The molecule has 1 atom stereocenters. The molecule has 0 saturated carbocycles. The Morgan fingerprint density at radius 1 is 1.36 bits per heavy atom. The third-order valence-electron chi connectivity index (χ3n) is 2.71. The van der Waals surface area contributed by atoms with Crippen LogP contribution >= 0.6 is 0 Å². The molecule has 1 aromatic carbocycles. The fourth-order valence-electron chi connectivity index (χ4n) is 1.87. The highest BCUT2D eigenvalue weighted by atomic mass is 19.1. The lowest BCUT2D eigenvalue weighted by molar-refractivity contribution is 0.250. The summed E-state index contributed by atoms with van der Waals surface area (Å²) >= 11 is 0. The Hall–Kier alpha value is -0.930. The van der Waals surface area contributed by atoms with Crippen LogP contribution in [0.2, 0.25) is 0 Å². The van der Waals surface area contributed by atoms with Gasteiger partial charge in [-0.3, -0.25) is 4.90 Å². The number of hydrogen-bond donors (Lipinski definition) is 1. The summed E-state index contributed by atoms with van der Waals surface area (Å²) in [6.45, 7) is 1.89. The molecule has 0 aromatic heterocycles. The molecule has 1 fully saturated rings. The molecule has 3 heteroatoms. The molecular weight excluding hydrogens is 179 g/mol. The summed E-state index contributed by atoms with van der Waals surface area (Å²) in [6.07, 6.45) is 2.42. The number of benzene rings is 1. The molecule has 14 heavy (non-hydrogen) atoms. The van der Waals surface area contributed by atoms with Gasteiger partial charge in [0.05, 0.1) is 6.17 Å². The van der Waals surface area contributed by atoms with Gasteiger partial charge in [-0.25, -0.2) is 4.39 Å². The Labute approximate surface area is 83.5 Å². The molecule has 0 bridgehead atoms. The van der Waals surface area contributed by atoms with E-state index in [0.717, 1.165) is 25.1 Å². The fraction of sp³-hybridized carbons (Fsp3) is 0.455. The molecule has 76 valence electrons. The molecule has 0 aliphatic carbocycles. The molecule has 2 nitrogen and oxygen atoms in total. The van der Waals surface area contributed by atoms with Crippen LogP contribution in [0.4, 0.5) is 4.39 Å². The van der Waals surface area contributed by atoms with Gasteiger partial charge in [0.2, 0.25) is 0 Å². The van der Waals surface area contributed by atoms with E-state index in [1.165, 1.54) is 18.6 Å². The smallest absolute Gasteiger partial charge is 0.123 e. The van der Waals surface area contributed by atoms with Crippen molar-refractivity contribution in [3.63, 3.8) is 0 Å². The molecule has 1 saturated heterocycles. The molecule has 1 unspecified atom stereocenters. The van der Waals surface area contributed by atoms with Gasteiger partial charge in [-0.05, 0) is 30.5 Å². The Balaban J connectivity index is 2.00. The number of likely N-dealkylation sites (tertiary alicyclic amines) is 1. The van der Waals surface area contributed by atoms with E-state index in [1.54, 1.807) is 0 Å². The lowest BCUT2D eigenvalue weighted by Gasteiger charge is -2.20. The third kappa shape index (κ3) is 2.11. The van der Waals surface area contributed by atoms with Crippen LogP contribution in [-0.2, 0) is 6.54 Å². The van der Waals surface area contributed by atoms with Crippen LogP contribution < -0.4 is 5.73 Å². The van der Waals surface area contributed by atoms with Crippen LogP contribution in [0.5, 0.6) is 0 Å². The first-order valence-corrected chi connectivity index (χ1v) is 5.00.